The molecule has 1 aliphatic rings. The number of benzene rings is 3. The van der Waals surface area contributed by atoms with E-state index in [-0.39, 0.29) is 10.6 Å². The first-order valence-corrected chi connectivity index (χ1v) is 13.2. The molecule has 5 rings (SSSR count). The lowest BCUT2D eigenvalue weighted by atomic mass is 9.93. The summed E-state index contributed by atoms with van der Waals surface area (Å²) in [4.78, 5) is 11.6. The number of rotatable bonds is 7. The largest absolute Gasteiger partial charge is 0.478 e. The standard InChI is InChI=1S/C29H25NO4S/c31-27(32)18-17-26-29(28(22-10-5-2-6-11-22)25-12-7-19-30(25)26)23-13-15-24(16-14-23)35(33,34)20-21-8-3-1-4-9-21/h1-6,8-11,13-18H,7,12,19-20H2,(H,31,32)/b18-17+. The minimum absolute atomic E-state index is 0.0599. The summed E-state index contributed by atoms with van der Waals surface area (Å²) in [6.07, 6.45) is 4.72. The van der Waals surface area contributed by atoms with Gasteiger partial charge >= 0.3 is 5.97 Å². The minimum atomic E-state index is -3.50. The molecule has 0 unspecified atom stereocenters. The predicted octanol–water partition coefficient (Wildman–Crippen LogP) is 5.84. The fourth-order valence-electron chi connectivity index (χ4n) is 4.85. The highest BCUT2D eigenvalue weighted by Crippen LogP contribution is 2.43. The lowest BCUT2D eigenvalue weighted by Gasteiger charge is -2.11. The second-order valence-corrected chi connectivity index (χ2v) is 10.6. The number of hydrogen-bond donors (Lipinski definition) is 1. The molecule has 4 aromatic rings. The van der Waals surface area contributed by atoms with Crippen LogP contribution in [-0.4, -0.2) is 24.1 Å². The predicted molar refractivity (Wildman–Crippen MR) is 138 cm³/mol. The maximum atomic E-state index is 13.0. The Labute approximate surface area is 204 Å². The van der Waals surface area contributed by atoms with E-state index in [1.165, 1.54) is 5.69 Å². The average molecular weight is 484 g/mol. The van der Waals surface area contributed by atoms with E-state index < -0.39 is 15.8 Å². The fourth-order valence-corrected chi connectivity index (χ4v) is 6.19. The molecule has 0 saturated carbocycles. The fraction of sp³-hybridized carbons (Fsp3) is 0.138. The summed E-state index contributed by atoms with van der Waals surface area (Å²) in [5, 5.41) is 9.29. The average Bonchev–Trinajstić information content (AvgIpc) is 3.44. The normalized spacial score (nSPS) is 13.3. The van der Waals surface area contributed by atoms with Crippen molar-refractivity contribution in [2.75, 3.05) is 0 Å². The maximum absolute atomic E-state index is 13.0. The summed E-state index contributed by atoms with van der Waals surface area (Å²) >= 11 is 0. The Morgan fingerprint density at radius 3 is 2.14 bits per heavy atom. The van der Waals surface area contributed by atoms with Gasteiger partial charge in [-0.25, -0.2) is 13.2 Å². The molecule has 0 radical (unpaired) electrons. The van der Waals surface area contributed by atoms with Crippen molar-refractivity contribution in [3.8, 4) is 22.3 Å². The van der Waals surface area contributed by atoms with Crippen molar-refractivity contribution in [3.63, 3.8) is 0 Å². The van der Waals surface area contributed by atoms with Crippen molar-refractivity contribution in [2.45, 2.75) is 30.0 Å². The first-order chi connectivity index (χ1) is 16.9. The number of nitrogens with zero attached hydrogens (tertiary/aromatic N) is 1. The van der Waals surface area contributed by atoms with Gasteiger partial charge in [0.2, 0.25) is 0 Å². The Kier molecular flexibility index (Phi) is 6.14. The molecular formula is C29H25NO4S. The summed E-state index contributed by atoms with van der Waals surface area (Å²) < 4.78 is 28.2. The summed E-state index contributed by atoms with van der Waals surface area (Å²) in [5.41, 5.74) is 6.67. The zero-order valence-corrected chi connectivity index (χ0v) is 19.9. The van der Waals surface area contributed by atoms with Crippen LogP contribution in [0.3, 0.4) is 0 Å². The Hall–Kier alpha value is -3.90. The van der Waals surface area contributed by atoms with Crippen molar-refractivity contribution in [2.24, 2.45) is 0 Å². The van der Waals surface area contributed by atoms with E-state index in [2.05, 4.69) is 16.7 Å². The molecule has 6 heteroatoms. The summed E-state index contributed by atoms with van der Waals surface area (Å²) in [6.45, 7) is 0.817. The number of hydrogen-bond acceptors (Lipinski definition) is 3. The van der Waals surface area contributed by atoms with Crippen LogP contribution < -0.4 is 0 Å². The molecule has 1 N–H and O–H groups in total. The van der Waals surface area contributed by atoms with E-state index in [0.29, 0.717) is 0 Å². The molecule has 3 aromatic carbocycles. The molecule has 0 amide bonds. The van der Waals surface area contributed by atoms with E-state index in [4.69, 9.17) is 0 Å². The van der Waals surface area contributed by atoms with E-state index in [9.17, 15) is 18.3 Å². The smallest absolute Gasteiger partial charge is 0.328 e. The molecule has 0 saturated heterocycles. The molecule has 0 atom stereocenters. The second kappa shape index (κ2) is 9.39. The molecule has 2 heterocycles. The molecule has 0 spiro atoms. The lowest BCUT2D eigenvalue weighted by Crippen LogP contribution is -2.04. The van der Waals surface area contributed by atoms with Crippen LogP contribution in [0.2, 0.25) is 0 Å². The van der Waals surface area contributed by atoms with E-state index in [1.807, 2.05) is 60.7 Å². The number of carboxylic acid groups (broad SMARTS) is 1. The van der Waals surface area contributed by atoms with Gasteiger partial charge in [-0.05, 0) is 47.7 Å². The molecule has 1 aliphatic heterocycles. The van der Waals surface area contributed by atoms with Crippen LogP contribution >= 0.6 is 0 Å². The van der Waals surface area contributed by atoms with Gasteiger partial charge in [-0.3, -0.25) is 0 Å². The van der Waals surface area contributed by atoms with Crippen molar-refractivity contribution in [1.82, 2.24) is 4.57 Å². The van der Waals surface area contributed by atoms with Gasteiger partial charge in [0.05, 0.1) is 10.6 Å². The Balaban J connectivity index is 1.62. The molecule has 1 aromatic heterocycles. The van der Waals surface area contributed by atoms with Gasteiger partial charge in [-0.2, -0.15) is 0 Å². The van der Waals surface area contributed by atoms with Crippen LogP contribution in [0, 0.1) is 0 Å². The SMILES string of the molecule is O=C(O)/C=C/c1c(-c2ccc(S(=O)(=O)Cc3ccccc3)cc2)c(-c2ccccc2)c2n1CCC2. The number of aliphatic carboxylic acids is 1. The van der Waals surface area contributed by atoms with Gasteiger partial charge in [0.1, 0.15) is 0 Å². The third-order valence-corrected chi connectivity index (χ3v) is 8.06. The molecule has 176 valence electrons. The van der Waals surface area contributed by atoms with Crippen molar-refractivity contribution < 1.29 is 18.3 Å². The molecule has 0 bridgehead atoms. The van der Waals surface area contributed by atoms with E-state index >= 15 is 0 Å². The van der Waals surface area contributed by atoms with Gasteiger partial charge in [0, 0.05) is 35.1 Å². The summed E-state index contributed by atoms with van der Waals surface area (Å²) in [6, 6.07) is 26.2. The number of carboxylic acids is 1. The van der Waals surface area contributed by atoms with Crippen LogP contribution in [0.4, 0.5) is 0 Å². The van der Waals surface area contributed by atoms with Gasteiger partial charge in [-0.15, -0.1) is 0 Å². The van der Waals surface area contributed by atoms with Crippen LogP contribution in [0.25, 0.3) is 28.3 Å². The number of aromatic nitrogens is 1. The highest BCUT2D eigenvalue weighted by molar-refractivity contribution is 7.90. The monoisotopic (exact) mass is 483 g/mol. The Morgan fingerprint density at radius 1 is 0.857 bits per heavy atom. The van der Waals surface area contributed by atoms with Crippen molar-refractivity contribution in [1.29, 1.82) is 0 Å². The van der Waals surface area contributed by atoms with Gasteiger partial charge in [0.15, 0.2) is 9.84 Å². The van der Waals surface area contributed by atoms with Crippen molar-refractivity contribution in [3.05, 3.63) is 108 Å². The highest BCUT2D eigenvalue weighted by atomic mass is 32.2. The second-order valence-electron chi connectivity index (χ2n) is 8.64. The summed E-state index contributed by atoms with van der Waals surface area (Å²) in [7, 11) is -3.50. The lowest BCUT2D eigenvalue weighted by molar-refractivity contribution is -0.131. The van der Waals surface area contributed by atoms with Crippen LogP contribution in [0.5, 0.6) is 0 Å². The zero-order valence-electron chi connectivity index (χ0n) is 19.1. The quantitative estimate of drug-likeness (QED) is 0.335. The summed E-state index contributed by atoms with van der Waals surface area (Å²) in [5.74, 6) is -1.07. The van der Waals surface area contributed by atoms with Gasteiger partial charge in [0.25, 0.3) is 0 Å². The Bertz CT molecular complexity index is 1500. The molecule has 35 heavy (non-hydrogen) atoms. The Morgan fingerprint density at radius 2 is 1.49 bits per heavy atom. The van der Waals surface area contributed by atoms with Crippen LogP contribution in [0.1, 0.15) is 23.4 Å². The molecule has 5 nitrogen and oxygen atoms in total. The first kappa shape index (κ1) is 22.9. The molecule has 0 aliphatic carbocycles. The van der Waals surface area contributed by atoms with E-state index in [0.717, 1.165) is 59.0 Å². The molecule has 0 fully saturated rings. The van der Waals surface area contributed by atoms with Crippen molar-refractivity contribution >= 4 is 21.9 Å². The van der Waals surface area contributed by atoms with Crippen LogP contribution in [0.15, 0.2) is 95.9 Å². The van der Waals surface area contributed by atoms with E-state index in [1.54, 1.807) is 18.2 Å². The maximum Gasteiger partial charge on any atom is 0.328 e. The third-order valence-electron chi connectivity index (χ3n) is 6.35. The number of sulfone groups is 1. The van der Waals surface area contributed by atoms with Gasteiger partial charge < -0.3 is 9.67 Å². The zero-order chi connectivity index (χ0) is 24.4. The topological polar surface area (TPSA) is 76.4 Å². The first-order valence-electron chi connectivity index (χ1n) is 11.5. The number of fused-ring (bicyclic) bond motifs is 1. The minimum Gasteiger partial charge on any atom is -0.478 e. The molecular weight excluding hydrogens is 458 g/mol. The van der Waals surface area contributed by atoms with Gasteiger partial charge in [-0.1, -0.05) is 72.8 Å². The highest BCUT2D eigenvalue weighted by Gasteiger charge is 2.27. The number of carbonyl (C=O) groups is 1. The third kappa shape index (κ3) is 4.57. The van der Waals surface area contributed by atoms with Crippen LogP contribution in [-0.2, 0) is 33.4 Å².